The number of non-ortho nitro benzene ring substituents is 1. The van der Waals surface area contributed by atoms with Gasteiger partial charge in [-0.2, -0.15) is 0 Å². The fourth-order valence-corrected chi connectivity index (χ4v) is 1.93. The van der Waals surface area contributed by atoms with Gasteiger partial charge >= 0.3 is 0 Å². The number of benzene rings is 1. The Balaban J connectivity index is 3.10. The molecule has 7 heteroatoms. The van der Waals surface area contributed by atoms with Gasteiger partial charge in [-0.05, 0) is 19.9 Å². The number of nitrogens with zero attached hydrogens (tertiary/aromatic N) is 2. The zero-order chi connectivity index (χ0) is 15.3. The fraction of sp³-hybridized carbons (Fsp3) is 0.462. The van der Waals surface area contributed by atoms with Crippen LogP contribution >= 0.6 is 11.6 Å². The first-order valence-corrected chi connectivity index (χ1v) is 6.50. The molecule has 20 heavy (non-hydrogen) atoms. The van der Waals surface area contributed by atoms with E-state index in [4.69, 9.17) is 16.3 Å². The minimum atomic E-state index is -0.554. The molecule has 110 valence electrons. The fourth-order valence-electron chi connectivity index (χ4n) is 1.73. The smallest absolute Gasteiger partial charge is 0.270 e. The number of hydrogen-bond donors (Lipinski definition) is 0. The summed E-state index contributed by atoms with van der Waals surface area (Å²) in [5, 5.41) is 11.0. The molecule has 0 fully saturated rings. The summed E-state index contributed by atoms with van der Waals surface area (Å²) in [6.45, 7) is 4.50. The Morgan fingerprint density at radius 3 is 2.65 bits per heavy atom. The molecule has 0 N–H and O–H groups in total. The van der Waals surface area contributed by atoms with Crippen molar-refractivity contribution in [2.24, 2.45) is 0 Å². The lowest BCUT2D eigenvalue weighted by atomic mass is 10.1. The highest BCUT2D eigenvalue weighted by molar-refractivity contribution is 6.33. The Kier molecular flexibility index (Phi) is 5.91. The predicted octanol–water partition coefficient (Wildman–Crippen LogP) is 2.75. The molecule has 0 heterocycles. The van der Waals surface area contributed by atoms with Crippen LogP contribution < -0.4 is 0 Å². The van der Waals surface area contributed by atoms with Crippen molar-refractivity contribution < 1.29 is 14.5 Å². The van der Waals surface area contributed by atoms with Crippen LogP contribution in [0.5, 0.6) is 0 Å². The van der Waals surface area contributed by atoms with Gasteiger partial charge in [0.05, 0.1) is 22.1 Å². The summed E-state index contributed by atoms with van der Waals surface area (Å²) >= 11 is 5.98. The van der Waals surface area contributed by atoms with E-state index in [1.807, 2.05) is 13.8 Å². The number of nitro benzene ring substituents is 1. The third kappa shape index (κ3) is 3.91. The molecular formula is C13H17ClN2O4. The van der Waals surface area contributed by atoms with Crippen molar-refractivity contribution in [1.82, 2.24) is 4.90 Å². The average Bonchev–Trinajstić information content (AvgIpc) is 2.38. The molecule has 0 aliphatic heterocycles. The predicted molar refractivity (Wildman–Crippen MR) is 76.2 cm³/mol. The van der Waals surface area contributed by atoms with Crippen molar-refractivity contribution in [3.8, 4) is 0 Å². The number of ether oxygens (including phenoxy) is 1. The molecule has 0 bridgehead atoms. The third-order valence-electron chi connectivity index (χ3n) is 2.81. The Morgan fingerprint density at radius 2 is 2.15 bits per heavy atom. The lowest BCUT2D eigenvalue weighted by molar-refractivity contribution is -0.384. The number of hydrogen-bond acceptors (Lipinski definition) is 4. The van der Waals surface area contributed by atoms with Gasteiger partial charge in [0.15, 0.2) is 0 Å². The molecule has 0 aliphatic carbocycles. The van der Waals surface area contributed by atoms with Crippen molar-refractivity contribution in [3.63, 3.8) is 0 Å². The van der Waals surface area contributed by atoms with Crippen LogP contribution in [-0.4, -0.2) is 42.0 Å². The normalized spacial score (nSPS) is 10.7. The van der Waals surface area contributed by atoms with E-state index in [0.29, 0.717) is 13.2 Å². The van der Waals surface area contributed by atoms with E-state index in [1.54, 1.807) is 12.0 Å². The van der Waals surface area contributed by atoms with Gasteiger partial charge in [0.25, 0.3) is 11.6 Å². The molecule has 0 saturated carbocycles. The quantitative estimate of drug-likeness (QED) is 0.598. The minimum Gasteiger partial charge on any atom is -0.383 e. The molecule has 0 atom stereocenters. The van der Waals surface area contributed by atoms with E-state index >= 15 is 0 Å². The number of carbonyl (C=O) groups excluding carboxylic acids is 1. The minimum absolute atomic E-state index is 0.0621. The highest BCUT2D eigenvalue weighted by Crippen LogP contribution is 2.24. The lowest BCUT2D eigenvalue weighted by Crippen LogP contribution is -2.39. The van der Waals surface area contributed by atoms with Crippen LogP contribution in [0.4, 0.5) is 5.69 Å². The number of rotatable bonds is 6. The van der Waals surface area contributed by atoms with Crippen molar-refractivity contribution in [1.29, 1.82) is 0 Å². The van der Waals surface area contributed by atoms with Crippen LogP contribution in [0, 0.1) is 10.1 Å². The third-order valence-corrected chi connectivity index (χ3v) is 3.14. The van der Waals surface area contributed by atoms with Gasteiger partial charge in [0.1, 0.15) is 0 Å². The van der Waals surface area contributed by atoms with E-state index in [2.05, 4.69) is 0 Å². The summed E-state index contributed by atoms with van der Waals surface area (Å²) in [4.78, 5) is 24.2. The second-order valence-corrected chi connectivity index (χ2v) is 4.91. The Bertz CT molecular complexity index is 505. The van der Waals surface area contributed by atoms with E-state index in [1.165, 1.54) is 18.2 Å². The van der Waals surface area contributed by atoms with Gasteiger partial charge in [0, 0.05) is 31.8 Å². The molecule has 0 unspecified atom stereocenters. The Labute approximate surface area is 122 Å². The molecule has 0 aromatic heterocycles. The van der Waals surface area contributed by atoms with Crippen molar-refractivity contribution in [2.45, 2.75) is 19.9 Å². The summed E-state index contributed by atoms with van der Waals surface area (Å²) in [6.07, 6.45) is 0. The molecule has 1 amide bonds. The van der Waals surface area contributed by atoms with Crippen LogP contribution in [0.2, 0.25) is 5.02 Å². The first kappa shape index (κ1) is 16.4. The van der Waals surface area contributed by atoms with Gasteiger partial charge in [-0.3, -0.25) is 14.9 Å². The molecule has 0 aliphatic rings. The second-order valence-electron chi connectivity index (χ2n) is 4.51. The maximum Gasteiger partial charge on any atom is 0.270 e. The van der Waals surface area contributed by atoms with E-state index in [0.717, 1.165) is 0 Å². The highest BCUT2D eigenvalue weighted by Gasteiger charge is 2.23. The topological polar surface area (TPSA) is 72.7 Å². The monoisotopic (exact) mass is 300 g/mol. The summed E-state index contributed by atoms with van der Waals surface area (Å²) in [5.41, 5.74) is -0.0288. The molecule has 6 nitrogen and oxygen atoms in total. The van der Waals surface area contributed by atoms with Crippen LogP contribution in [-0.2, 0) is 4.74 Å². The van der Waals surface area contributed by atoms with Crippen molar-refractivity contribution in [3.05, 3.63) is 38.9 Å². The lowest BCUT2D eigenvalue weighted by Gasteiger charge is -2.26. The number of amides is 1. The van der Waals surface area contributed by atoms with Gasteiger partial charge in [0.2, 0.25) is 0 Å². The first-order chi connectivity index (χ1) is 9.38. The maximum atomic E-state index is 12.5. The second kappa shape index (κ2) is 7.21. The molecule has 0 saturated heterocycles. The largest absolute Gasteiger partial charge is 0.383 e. The number of methoxy groups -OCH3 is 1. The molecule has 1 aromatic rings. The average molecular weight is 301 g/mol. The van der Waals surface area contributed by atoms with Gasteiger partial charge in [-0.25, -0.2) is 0 Å². The standard InChI is InChI=1S/C13H17ClN2O4/c1-9(2)15(6-7-20-3)13(17)11-8-10(16(18)19)4-5-12(11)14/h4-5,8-9H,6-7H2,1-3H3. The Morgan fingerprint density at radius 1 is 1.50 bits per heavy atom. The van der Waals surface area contributed by atoms with E-state index in [9.17, 15) is 14.9 Å². The van der Waals surface area contributed by atoms with E-state index in [-0.39, 0.29) is 28.2 Å². The zero-order valence-corrected chi connectivity index (χ0v) is 12.4. The highest BCUT2D eigenvalue weighted by atomic mass is 35.5. The van der Waals surface area contributed by atoms with Crippen molar-refractivity contribution >= 4 is 23.2 Å². The molecule has 1 rings (SSSR count). The van der Waals surface area contributed by atoms with Crippen molar-refractivity contribution in [2.75, 3.05) is 20.3 Å². The van der Waals surface area contributed by atoms with Crippen LogP contribution in [0.1, 0.15) is 24.2 Å². The SMILES string of the molecule is COCCN(C(=O)c1cc([N+](=O)[O-])ccc1Cl)C(C)C. The first-order valence-electron chi connectivity index (χ1n) is 6.12. The maximum absolute atomic E-state index is 12.5. The molecular weight excluding hydrogens is 284 g/mol. The van der Waals surface area contributed by atoms with Gasteiger partial charge < -0.3 is 9.64 Å². The van der Waals surface area contributed by atoms with Gasteiger partial charge in [-0.15, -0.1) is 0 Å². The summed E-state index contributed by atoms with van der Waals surface area (Å²) < 4.78 is 4.97. The number of halogens is 1. The van der Waals surface area contributed by atoms with Crippen LogP contribution in [0.25, 0.3) is 0 Å². The number of nitro groups is 1. The van der Waals surface area contributed by atoms with E-state index < -0.39 is 4.92 Å². The van der Waals surface area contributed by atoms with Crippen LogP contribution in [0.15, 0.2) is 18.2 Å². The van der Waals surface area contributed by atoms with Gasteiger partial charge in [-0.1, -0.05) is 11.6 Å². The molecule has 1 aromatic carbocycles. The molecule has 0 spiro atoms. The summed E-state index contributed by atoms with van der Waals surface area (Å²) in [7, 11) is 1.54. The Hall–Kier alpha value is -1.66. The molecule has 0 radical (unpaired) electrons. The van der Waals surface area contributed by atoms with Crippen LogP contribution in [0.3, 0.4) is 0 Å². The number of carbonyl (C=O) groups is 1. The summed E-state index contributed by atoms with van der Waals surface area (Å²) in [5.74, 6) is -0.342. The summed E-state index contributed by atoms with van der Waals surface area (Å²) in [6, 6.07) is 3.77. The zero-order valence-electron chi connectivity index (χ0n) is 11.6.